The number of ether oxygens (including phenoxy) is 1. The van der Waals surface area contributed by atoms with E-state index in [0.717, 1.165) is 5.56 Å². The van der Waals surface area contributed by atoms with Crippen LogP contribution < -0.4 is 5.32 Å². The van der Waals surface area contributed by atoms with Crippen molar-refractivity contribution in [1.29, 1.82) is 0 Å². The number of benzene rings is 1. The molecule has 2 rings (SSSR count). The van der Waals surface area contributed by atoms with Crippen molar-refractivity contribution in [1.82, 2.24) is 15.1 Å². The second kappa shape index (κ2) is 7.26. The van der Waals surface area contributed by atoms with Gasteiger partial charge in [0, 0.05) is 25.2 Å². The first-order valence-corrected chi connectivity index (χ1v) is 7.12. The van der Waals surface area contributed by atoms with Gasteiger partial charge in [0.15, 0.2) is 5.69 Å². The number of methoxy groups -OCH3 is 1. The highest BCUT2D eigenvalue weighted by atomic mass is 35.5. The predicted molar refractivity (Wildman–Crippen MR) is 83.7 cm³/mol. The molecular formula is C15H16ClN3O4. The molecule has 0 spiro atoms. The number of carbonyl (C=O) groups excluding carboxylic acids is 1. The average molecular weight is 338 g/mol. The second-order valence-corrected chi connectivity index (χ2v) is 5.32. The number of aromatic nitrogens is 2. The zero-order valence-electron chi connectivity index (χ0n) is 12.6. The number of halogens is 1. The van der Waals surface area contributed by atoms with E-state index in [9.17, 15) is 9.59 Å². The van der Waals surface area contributed by atoms with Gasteiger partial charge in [-0.2, -0.15) is 5.10 Å². The Morgan fingerprint density at radius 3 is 2.74 bits per heavy atom. The lowest BCUT2D eigenvalue weighted by molar-refractivity contribution is 0.0689. The molecule has 2 N–H and O–H groups in total. The fraction of sp³-hybridized carbons (Fsp3) is 0.267. The van der Waals surface area contributed by atoms with Gasteiger partial charge in [-0.05, 0) is 17.7 Å². The fourth-order valence-corrected chi connectivity index (χ4v) is 2.33. The van der Waals surface area contributed by atoms with Gasteiger partial charge in [0.25, 0.3) is 5.91 Å². The molecule has 23 heavy (non-hydrogen) atoms. The van der Waals surface area contributed by atoms with Gasteiger partial charge in [0.1, 0.15) is 5.69 Å². The van der Waals surface area contributed by atoms with Gasteiger partial charge in [-0.25, -0.2) is 4.79 Å². The third-order valence-electron chi connectivity index (χ3n) is 3.22. The van der Waals surface area contributed by atoms with Crippen molar-refractivity contribution in [2.75, 3.05) is 13.7 Å². The molecule has 0 aliphatic rings. The highest BCUT2D eigenvalue weighted by Crippen LogP contribution is 2.19. The summed E-state index contributed by atoms with van der Waals surface area (Å²) >= 11 is 5.97. The normalized spacial score (nSPS) is 12.0. The van der Waals surface area contributed by atoms with Crippen LogP contribution in [0.5, 0.6) is 0 Å². The summed E-state index contributed by atoms with van der Waals surface area (Å²) in [6.07, 6.45) is 0. The number of nitrogens with one attached hydrogen (secondary N) is 1. The Balaban J connectivity index is 2.23. The van der Waals surface area contributed by atoms with E-state index in [1.54, 1.807) is 18.2 Å². The van der Waals surface area contributed by atoms with Crippen LogP contribution in [-0.4, -0.2) is 40.5 Å². The Bertz CT molecular complexity index is 729. The summed E-state index contributed by atoms with van der Waals surface area (Å²) in [5.74, 6) is -1.64. The summed E-state index contributed by atoms with van der Waals surface area (Å²) in [5.41, 5.74) is 0.738. The van der Waals surface area contributed by atoms with Crippen molar-refractivity contribution in [2.45, 2.75) is 6.04 Å². The van der Waals surface area contributed by atoms with Crippen LogP contribution in [0.25, 0.3) is 0 Å². The molecule has 0 bridgehead atoms. The number of aryl methyl sites for hydroxylation is 1. The number of rotatable bonds is 6. The first-order chi connectivity index (χ1) is 10.9. The predicted octanol–water partition coefficient (Wildman–Crippen LogP) is 1.89. The third kappa shape index (κ3) is 4.08. The SMILES string of the molecule is COCC(NC(=O)c1cc(C(=O)O)nn1C)c1cccc(Cl)c1. The van der Waals surface area contributed by atoms with E-state index in [4.69, 9.17) is 21.4 Å². The Kier molecular flexibility index (Phi) is 5.36. The molecule has 1 amide bonds. The summed E-state index contributed by atoms with van der Waals surface area (Å²) < 4.78 is 6.36. The third-order valence-corrected chi connectivity index (χ3v) is 3.46. The van der Waals surface area contributed by atoms with Crippen LogP contribution in [0.2, 0.25) is 5.02 Å². The zero-order valence-corrected chi connectivity index (χ0v) is 13.4. The van der Waals surface area contributed by atoms with E-state index in [2.05, 4.69) is 10.4 Å². The molecule has 1 unspecified atom stereocenters. The number of aromatic carboxylic acids is 1. The van der Waals surface area contributed by atoms with E-state index in [0.29, 0.717) is 5.02 Å². The van der Waals surface area contributed by atoms with Crippen LogP contribution in [0.15, 0.2) is 30.3 Å². The molecule has 0 aliphatic heterocycles. The molecule has 1 atom stereocenters. The molecule has 0 fully saturated rings. The minimum absolute atomic E-state index is 0.144. The Morgan fingerprint density at radius 2 is 2.17 bits per heavy atom. The van der Waals surface area contributed by atoms with Crippen molar-refractivity contribution in [3.05, 3.63) is 52.3 Å². The molecule has 1 aromatic heterocycles. The van der Waals surface area contributed by atoms with Gasteiger partial charge in [0.05, 0.1) is 12.6 Å². The average Bonchev–Trinajstić information content (AvgIpc) is 2.89. The lowest BCUT2D eigenvalue weighted by Crippen LogP contribution is -2.32. The molecule has 0 radical (unpaired) electrons. The maximum atomic E-state index is 12.4. The van der Waals surface area contributed by atoms with Crippen LogP contribution in [0.1, 0.15) is 32.6 Å². The van der Waals surface area contributed by atoms with Gasteiger partial charge >= 0.3 is 5.97 Å². The lowest BCUT2D eigenvalue weighted by Gasteiger charge is -2.18. The molecule has 1 heterocycles. The minimum Gasteiger partial charge on any atom is -0.476 e. The number of carboxylic acids is 1. The number of carboxylic acid groups (broad SMARTS) is 1. The largest absolute Gasteiger partial charge is 0.476 e. The summed E-state index contributed by atoms with van der Waals surface area (Å²) in [5, 5.41) is 16.1. The van der Waals surface area contributed by atoms with Gasteiger partial charge in [-0.1, -0.05) is 23.7 Å². The van der Waals surface area contributed by atoms with E-state index >= 15 is 0 Å². The Morgan fingerprint density at radius 1 is 1.43 bits per heavy atom. The highest BCUT2D eigenvalue weighted by molar-refractivity contribution is 6.30. The summed E-state index contributed by atoms with van der Waals surface area (Å²) in [7, 11) is 3.03. The van der Waals surface area contributed by atoms with Crippen molar-refractivity contribution in [3.8, 4) is 0 Å². The van der Waals surface area contributed by atoms with E-state index in [-0.39, 0.29) is 18.0 Å². The Hall–Kier alpha value is -2.38. The molecule has 0 aliphatic carbocycles. The standard InChI is InChI=1S/C15H16ClN3O4/c1-19-13(7-11(18-19)15(21)22)14(20)17-12(8-23-2)9-4-3-5-10(16)6-9/h3-7,12H,8H2,1-2H3,(H,17,20)(H,21,22). The van der Waals surface area contributed by atoms with Crippen molar-refractivity contribution < 1.29 is 19.4 Å². The smallest absolute Gasteiger partial charge is 0.356 e. The molecular weight excluding hydrogens is 322 g/mol. The lowest BCUT2D eigenvalue weighted by atomic mass is 10.1. The molecule has 0 saturated heterocycles. The molecule has 7 nitrogen and oxygen atoms in total. The van der Waals surface area contributed by atoms with Gasteiger partial charge < -0.3 is 15.2 Å². The first kappa shape index (κ1) is 17.0. The number of hydrogen-bond acceptors (Lipinski definition) is 4. The molecule has 1 aromatic carbocycles. The number of hydrogen-bond donors (Lipinski definition) is 2. The van der Waals surface area contributed by atoms with Crippen molar-refractivity contribution in [3.63, 3.8) is 0 Å². The quantitative estimate of drug-likeness (QED) is 0.839. The number of nitrogens with zero attached hydrogens (tertiary/aromatic N) is 2. The summed E-state index contributed by atoms with van der Waals surface area (Å²) in [6.45, 7) is 0.246. The summed E-state index contributed by atoms with van der Waals surface area (Å²) in [4.78, 5) is 23.3. The number of carbonyl (C=O) groups is 2. The van der Waals surface area contributed by atoms with Crippen LogP contribution >= 0.6 is 11.6 Å². The van der Waals surface area contributed by atoms with Gasteiger partial charge in [-0.3, -0.25) is 9.48 Å². The maximum absolute atomic E-state index is 12.4. The molecule has 8 heteroatoms. The van der Waals surface area contributed by atoms with Crippen molar-refractivity contribution in [2.24, 2.45) is 7.05 Å². The van der Waals surface area contributed by atoms with E-state index < -0.39 is 17.9 Å². The second-order valence-electron chi connectivity index (χ2n) is 4.88. The van der Waals surface area contributed by atoms with Gasteiger partial charge in [-0.15, -0.1) is 0 Å². The van der Waals surface area contributed by atoms with Crippen LogP contribution in [0.3, 0.4) is 0 Å². The zero-order chi connectivity index (χ0) is 17.0. The minimum atomic E-state index is -1.19. The topological polar surface area (TPSA) is 93.4 Å². The van der Waals surface area contributed by atoms with Crippen LogP contribution in [0, 0.1) is 0 Å². The fourth-order valence-electron chi connectivity index (χ4n) is 2.13. The first-order valence-electron chi connectivity index (χ1n) is 6.75. The van der Waals surface area contributed by atoms with E-state index in [1.807, 2.05) is 6.07 Å². The van der Waals surface area contributed by atoms with Gasteiger partial charge in [0.2, 0.25) is 0 Å². The molecule has 0 saturated carbocycles. The van der Waals surface area contributed by atoms with Crippen molar-refractivity contribution >= 4 is 23.5 Å². The highest BCUT2D eigenvalue weighted by Gasteiger charge is 2.21. The van der Waals surface area contributed by atoms with E-state index in [1.165, 1.54) is 24.9 Å². The Labute approximate surface area is 137 Å². The summed E-state index contributed by atoms with van der Waals surface area (Å²) in [6, 6.07) is 7.86. The monoisotopic (exact) mass is 337 g/mol. The molecule has 2 aromatic rings. The molecule has 122 valence electrons. The van der Waals surface area contributed by atoms with Crippen LogP contribution in [-0.2, 0) is 11.8 Å². The number of amides is 1. The van der Waals surface area contributed by atoms with Crippen LogP contribution in [0.4, 0.5) is 0 Å². The maximum Gasteiger partial charge on any atom is 0.356 e.